The number of anilines is 1. The van der Waals surface area contributed by atoms with E-state index in [9.17, 15) is 0 Å². The molecule has 15 heavy (non-hydrogen) atoms. The van der Waals surface area contributed by atoms with Crippen molar-refractivity contribution in [2.24, 2.45) is 7.05 Å². The number of hydrogen-bond donors (Lipinski definition) is 1. The van der Waals surface area contributed by atoms with Crippen LogP contribution in [0.2, 0.25) is 0 Å². The number of nitrogens with zero attached hydrogens (tertiary/aromatic N) is 5. The monoisotopic (exact) mass is 206 g/mol. The van der Waals surface area contributed by atoms with Crippen molar-refractivity contribution < 1.29 is 0 Å². The van der Waals surface area contributed by atoms with Gasteiger partial charge >= 0.3 is 0 Å². The molecule has 0 radical (unpaired) electrons. The molecule has 0 aromatic carbocycles. The molecule has 0 spiro atoms. The van der Waals surface area contributed by atoms with E-state index in [1.54, 1.807) is 10.9 Å². The molecule has 2 aromatic rings. The van der Waals surface area contributed by atoms with Gasteiger partial charge in [0.2, 0.25) is 0 Å². The van der Waals surface area contributed by atoms with Crippen molar-refractivity contribution in [2.45, 2.75) is 20.0 Å². The summed E-state index contributed by atoms with van der Waals surface area (Å²) in [6, 6.07) is 0. The van der Waals surface area contributed by atoms with E-state index in [1.165, 1.54) is 0 Å². The molecule has 80 valence electrons. The fourth-order valence-electron chi connectivity index (χ4n) is 1.30. The highest BCUT2D eigenvalue weighted by molar-refractivity contribution is 5.38. The van der Waals surface area contributed by atoms with Crippen molar-refractivity contribution in [3.05, 3.63) is 24.3 Å². The van der Waals surface area contributed by atoms with E-state index in [1.807, 2.05) is 24.1 Å². The summed E-state index contributed by atoms with van der Waals surface area (Å²) in [7, 11) is 1.85. The summed E-state index contributed by atoms with van der Waals surface area (Å²) in [6.07, 6.45) is 5.66. The lowest BCUT2D eigenvalue weighted by Gasteiger charge is -1.98. The second-order valence-corrected chi connectivity index (χ2v) is 3.32. The molecule has 0 aliphatic rings. The van der Waals surface area contributed by atoms with Crippen molar-refractivity contribution in [1.29, 1.82) is 0 Å². The van der Waals surface area contributed by atoms with Crippen LogP contribution >= 0.6 is 0 Å². The van der Waals surface area contributed by atoms with Crippen LogP contribution in [0, 0.1) is 0 Å². The van der Waals surface area contributed by atoms with Crippen molar-refractivity contribution in [3.8, 4) is 0 Å². The summed E-state index contributed by atoms with van der Waals surface area (Å²) in [5, 5.41) is 15.2. The van der Waals surface area contributed by atoms with Crippen LogP contribution in [-0.4, -0.2) is 24.8 Å². The molecule has 6 heteroatoms. The highest BCUT2D eigenvalue weighted by Gasteiger charge is 1.99. The summed E-state index contributed by atoms with van der Waals surface area (Å²) >= 11 is 0. The lowest BCUT2D eigenvalue weighted by molar-refractivity contribution is 0.660. The number of aryl methyl sites for hydroxylation is 2. The Bertz CT molecular complexity index is 429. The largest absolute Gasteiger partial charge is 0.377 e. The highest BCUT2D eigenvalue weighted by atomic mass is 15.4. The minimum absolute atomic E-state index is 0.670. The average Bonchev–Trinajstić information content (AvgIpc) is 2.83. The van der Waals surface area contributed by atoms with Gasteiger partial charge in [0.25, 0.3) is 0 Å². The molecule has 0 saturated carbocycles. The number of nitrogens with one attached hydrogen (secondary N) is 1. The molecule has 0 atom stereocenters. The number of rotatable bonds is 4. The molecule has 6 nitrogen and oxygen atoms in total. The molecule has 0 saturated heterocycles. The van der Waals surface area contributed by atoms with Crippen LogP contribution < -0.4 is 5.32 Å². The van der Waals surface area contributed by atoms with Gasteiger partial charge in [0.1, 0.15) is 5.69 Å². The van der Waals surface area contributed by atoms with Crippen LogP contribution in [0.4, 0.5) is 5.69 Å². The van der Waals surface area contributed by atoms with Gasteiger partial charge in [-0.25, -0.2) is 0 Å². The lowest BCUT2D eigenvalue weighted by Crippen LogP contribution is -1.99. The molecule has 0 amide bonds. The van der Waals surface area contributed by atoms with Gasteiger partial charge in [-0.05, 0) is 6.92 Å². The standard InChI is InChI=1S/C9H14N6/c1-3-15-7-8(5-11-15)10-4-9-6-14(2)13-12-9/h5-7,10H,3-4H2,1-2H3. The van der Waals surface area contributed by atoms with Gasteiger partial charge in [-0.3, -0.25) is 9.36 Å². The van der Waals surface area contributed by atoms with Crippen molar-refractivity contribution >= 4 is 5.69 Å². The molecule has 0 aliphatic heterocycles. The van der Waals surface area contributed by atoms with E-state index in [-0.39, 0.29) is 0 Å². The third kappa shape index (κ3) is 2.34. The Morgan fingerprint density at radius 1 is 1.40 bits per heavy atom. The predicted octanol–water partition coefficient (Wildman–Crippen LogP) is 0.644. The molecule has 2 aromatic heterocycles. The smallest absolute Gasteiger partial charge is 0.102 e. The molecule has 2 heterocycles. The zero-order valence-corrected chi connectivity index (χ0v) is 8.88. The molecule has 0 bridgehead atoms. The number of hydrogen-bond acceptors (Lipinski definition) is 4. The fourth-order valence-corrected chi connectivity index (χ4v) is 1.30. The van der Waals surface area contributed by atoms with Gasteiger partial charge in [0.15, 0.2) is 0 Å². The SMILES string of the molecule is CCn1cc(NCc2cn(C)nn2)cn1. The van der Waals surface area contributed by atoms with Crippen molar-refractivity contribution in [3.63, 3.8) is 0 Å². The average molecular weight is 206 g/mol. The van der Waals surface area contributed by atoms with Crippen LogP contribution in [0.25, 0.3) is 0 Å². The van der Waals surface area contributed by atoms with Crippen molar-refractivity contribution in [2.75, 3.05) is 5.32 Å². The third-order valence-corrected chi connectivity index (χ3v) is 2.08. The minimum Gasteiger partial charge on any atom is -0.377 e. The summed E-state index contributed by atoms with van der Waals surface area (Å²) in [4.78, 5) is 0. The molecule has 1 N–H and O–H groups in total. The Morgan fingerprint density at radius 3 is 2.87 bits per heavy atom. The Kier molecular flexibility index (Phi) is 2.66. The van der Waals surface area contributed by atoms with Gasteiger partial charge in [-0.15, -0.1) is 5.10 Å². The van der Waals surface area contributed by atoms with Gasteiger partial charge in [0.05, 0.1) is 18.4 Å². The van der Waals surface area contributed by atoms with E-state index in [2.05, 4.69) is 27.7 Å². The predicted molar refractivity (Wildman–Crippen MR) is 56.2 cm³/mol. The Labute approximate surface area is 87.9 Å². The van der Waals surface area contributed by atoms with E-state index in [0.29, 0.717) is 6.54 Å². The molecular formula is C9H14N6. The first-order chi connectivity index (χ1) is 7.28. The Morgan fingerprint density at radius 2 is 2.27 bits per heavy atom. The van der Waals surface area contributed by atoms with Crippen LogP contribution in [0.15, 0.2) is 18.6 Å². The van der Waals surface area contributed by atoms with E-state index in [4.69, 9.17) is 0 Å². The van der Waals surface area contributed by atoms with E-state index >= 15 is 0 Å². The van der Waals surface area contributed by atoms with E-state index < -0.39 is 0 Å². The highest BCUT2D eigenvalue weighted by Crippen LogP contribution is 2.06. The zero-order valence-electron chi connectivity index (χ0n) is 8.88. The summed E-state index contributed by atoms with van der Waals surface area (Å²) < 4.78 is 3.56. The normalized spacial score (nSPS) is 10.5. The van der Waals surface area contributed by atoms with Crippen LogP contribution in [0.3, 0.4) is 0 Å². The first kappa shape index (κ1) is 9.70. The maximum atomic E-state index is 4.17. The Balaban J connectivity index is 1.93. The summed E-state index contributed by atoms with van der Waals surface area (Å²) in [6.45, 7) is 3.61. The third-order valence-electron chi connectivity index (χ3n) is 2.08. The van der Waals surface area contributed by atoms with Crippen LogP contribution in [-0.2, 0) is 20.1 Å². The first-order valence-electron chi connectivity index (χ1n) is 4.89. The Hall–Kier alpha value is -1.85. The summed E-state index contributed by atoms with van der Waals surface area (Å²) in [5.41, 5.74) is 1.92. The van der Waals surface area contributed by atoms with Crippen LogP contribution in [0.5, 0.6) is 0 Å². The van der Waals surface area contributed by atoms with Gasteiger partial charge in [0, 0.05) is 26.0 Å². The van der Waals surface area contributed by atoms with Gasteiger partial charge in [-0.2, -0.15) is 5.10 Å². The topological polar surface area (TPSA) is 60.6 Å². The molecular weight excluding hydrogens is 192 g/mol. The molecule has 0 aliphatic carbocycles. The lowest BCUT2D eigenvalue weighted by atomic mass is 10.4. The van der Waals surface area contributed by atoms with E-state index in [0.717, 1.165) is 17.9 Å². The molecule has 0 unspecified atom stereocenters. The summed E-state index contributed by atoms with van der Waals surface area (Å²) in [5.74, 6) is 0. The van der Waals surface area contributed by atoms with Gasteiger partial charge < -0.3 is 5.32 Å². The maximum Gasteiger partial charge on any atom is 0.102 e. The zero-order chi connectivity index (χ0) is 10.7. The van der Waals surface area contributed by atoms with Gasteiger partial charge in [-0.1, -0.05) is 5.21 Å². The quantitative estimate of drug-likeness (QED) is 0.797. The van der Waals surface area contributed by atoms with Crippen molar-refractivity contribution in [1.82, 2.24) is 24.8 Å². The first-order valence-corrected chi connectivity index (χ1v) is 4.89. The molecule has 0 fully saturated rings. The second kappa shape index (κ2) is 4.12. The van der Waals surface area contributed by atoms with Crippen LogP contribution in [0.1, 0.15) is 12.6 Å². The fraction of sp³-hybridized carbons (Fsp3) is 0.444. The molecule has 2 rings (SSSR count). The number of aromatic nitrogens is 5. The minimum atomic E-state index is 0.670. The second-order valence-electron chi connectivity index (χ2n) is 3.32. The maximum absolute atomic E-state index is 4.17.